The molecule has 0 spiro atoms. The van der Waals surface area contributed by atoms with E-state index in [1.165, 1.54) is 11.1 Å². The van der Waals surface area contributed by atoms with Gasteiger partial charge in [0, 0.05) is 37.4 Å². The smallest absolute Gasteiger partial charge is 0.129 e. The number of nitrogens with zero attached hydrogens (tertiary/aromatic N) is 2. The van der Waals surface area contributed by atoms with Crippen molar-refractivity contribution in [1.29, 1.82) is 0 Å². The van der Waals surface area contributed by atoms with Crippen molar-refractivity contribution in [2.75, 3.05) is 31.1 Å². The molecule has 0 aliphatic carbocycles. The van der Waals surface area contributed by atoms with Crippen LogP contribution in [0.25, 0.3) is 11.1 Å². The third-order valence-electron chi connectivity index (χ3n) is 3.36. The first-order valence-electron chi connectivity index (χ1n) is 6.50. The van der Waals surface area contributed by atoms with Crippen molar-refractivity contribution in [3.05, 3.63) is 47.6 Å². The van der Waals surface area contributed by atoms with E-state index in [1.807, 2.05) is 36.5 Å². The van der Waals surface area contributed by atoms with E-state index in [0.717, 1.165) is 37.0 Å². The summed E-state index contributed by atoms with van der Waals surface area (Å²) in [5.41, 5.74) is 2.35. The summed E-state index contributed by atoms with van der Waals surface area (Å²) in [6.07, 6.45) is 1.88. The Morgan fingerprint density at radius 3 is 2.47 bits per heavy atom. The molecule has 1 saturated heterocycles. The Bertz CT molecular complexity index is 548. The van der Waals surface area contributed by atoms with Gasteiger partial charge in [0.1, 0.15) is 5.82 Å². The molecule has 19 heavy (non-hydrogen) atoms. The van der Waals surface area contributed by atoms with Crippen LogP contribution in [0.15, 0.2) is 42.6 Å². The zero-order valence-electron chi connectivity index (χ0n) is 10.6. The molecule has 3 nitrogen and oxygen atoms in total. The van der Waals surface area contributed by atoms with Crippen LogP contribution in [-0.4, -0.2) is 31.2 Å². The van der Waals surface area contributed by atoms with E-state index in [0.29, 0.717) is 0 Å². The summed E-state index contributed by atoms with van der Waals surface area (Å²) < 4.78 is 0. The van der Waals surface area contributed by atoms with Gasteiger partial charge >= 0.3 is 0 Å². The fourth-order valence-corrected chi connectivity index (χ4v) is 2.43. The predicted octanol–water partition coefficient (Wildman–Crippen LogP) is 2.81. The van der Waals surface area contributed by atoms with E-state index >= 15 is 0 Å². The summed E-state index contributed by atoms with van der Waals surface area (Å²) in [7, 11) is 0. The molecular weight excluding hydrogens is 258 g/mol. The molecule has 1 aromatic carbocycles. The van der Waals surface area contributed by atoms with Crippen LogP contribution >= 0.6 is 11.6 Å². The van der Waals surface area contributed by atoms with Gasteiger partial charge in [-0.3, -0.25) is 0 Å². The van der Waals surface area contributed by atoms with E-state index in [9.17, 15) is 0 Å². The molecule has 0 unspecified atom stereocenters. The summed E-state index contributed by atoms with van der Waals surface area (Å²) in [5.74, 6) is 1.05. The molecule has 1 aromatic heterocycles. The lowest BCUT2D eigenvalue weighted by atomic mass is 10.1. The molecule has 0 atom stereocenters. The van der Waals surface area contributed by atoms with Gasteiger partial charge in [-0.15, -0.1) is 0 Å². The number of hydrogen-bond donors (Lipinski definition) is 1. The maximum Gasteiger partial charge on any atom is 0.129 e. The number of pyridine rings is 1. The molecular formula is C15H16ClN3. The zero-order chi connectivity index (χ0) is 13.1. The molecule has 3 rings (SSSR count). The van der Waals surface area contributed by atoms with Gasteiger partial charge in [0.2, 0.25) is 0 Å². The zero-order valence-corrected chi connectivity index (χ0v) is 11.4. The Kier molecular flexibility index (Phi) is 3.67. The first-order valence-corrected chi connectivity index (χ1v) is 6.88. The summed E-state index contributed by atoms with van der Waals surface area (Å²) in [6, 6.07) is 12.1. The lowest BCUT2D eigenvalue weighted by molar-refractivity contribution is 0.585. The minimum Gasteiger partial charge on any atom is -0.354 e. The highest BCUT2D eigenvalue weighted by Crippen LogP contribution is 2.24. The van der Waals surface area contributed by atoms with Crippen molar-refractivity contribution in [2.24, 2.45) is 0 Å². The van der Waals surface area contributed by atoms with E-state index in [2.05, 4.69) is 21.3 Å². The minimum absolute atomic E-state index is 0.764. The summed E-state index contributed by atoms with van der Waals surface area (Å²) in [5, 5.41) is 4.12. The van der Waals surface area contributed by atoms with Crippen LogP contribution in [0.2, 0.25) is 5.02 Å². The topological polar surface area (TPSA) is 28.2 Å². The number of nitrogens with one attached hydrogen (secondary N) is 1. The molecule has 98 valence electrons. The fraction of sp³-hybridized carbons (Fsp3) is 0.267. The predicted molar refractivity (Wildman–Crippen MR) is 79.8 cm³/mol. The first-order chi connectivity index (χ1) is 9.33. The standard InChI is InChI=1S/C15H16ClN3/c16-14-3-1-12(2-4-14)13-5-6-18-15(11-13)19-9-7-17-8-10-19/h1-6,11,17H,7-10H2. The number of benzene rings is 1. The molecule has 0 saturated carbocycles. The SMILES string of the molecule is Clc1ccc(-c2ccnc(N3CCNCC3)c2)cc1. The fourth-order valence-electron chi connectivity index (χ4n) is 2.31. The number of aromatic nitrogens is 1. The van der Waals surface area contributed by atoms with Gasteiger partial charge in [0.25, 0.3) is 0 Å². The van der Waals surface area contributed by atoms with Crippen molar-refractivity contribution >= 4 is 17.4 Å². The average Bonchev–Trinajstić information content (AvgIpc) is 2.49. The van der Waals surface area contributed by atoms with Crippen molar-refractivity contribution in [1.82, 2.24) is 10.3 Å². The van der Waals surface area contributed by atoms with Gasteiger partial charge in [0.05, 0.1) is 0 Å². The second-order valence-electron chi connectivity index (χ2n) is 4.65. The van der Waals surface area contributed by atoms with Gasteiger partial charge in [0.15, 0.2) is 0 Å². The van der Waals surface area contributed by atoms with Crippen LogP contribution in [0, 0.1) is 0 Å². The number of halogens is 1. The molecule has 2 heterocycles. The van der Waals surface area contributed by atoms with Crippen molar-refractivity contribution in [2.45, 2.75) is 0 Å². The Balaban J connectivity index is 1.88. The Labute approximate surface area is 118 Å². The second kappa shape index (κ2) is 5.59. The van der Waals surface area contributed by atoms with Gasteiger partial charge in [-0.25, -0.2) is 4.98 Å². The van der Waals surface area contributed by atoms with Gasteiger partial charge < -0.3 is 10.2 Å². The minimum atomic E-state index is 0.764. The number of anilines is 1. The van der Waals surface area contributed by atoms with Crippen LogP contribution in [0.1, 0.15) is 0 Å². The van der Waals surface area contributed by atoms with E-state index in [4.69, 9.17) is 11.6 Å². The van der Waals surface area contributed by atoms with Crippen LogP contribution in [0.3, 0.4) is 0 Å². The Morgan fingerprint density at radius 2 is 1.74 bits per heavy atom. The highest BCUT2D eigenvalue weighted by Gasteiger charge is 2.12. The Hall–Kier alpha value is -1.58. The number of hydrogen-bond acceptors (Lipinski definition) is 3. The quantitative estimate of drug-likeness (QED) is 0.912. The normalized spacial score (nSPS) is 15.5. The Morgan fingerprint density at radius 1 is 1.00 bits per heavy atom. The number of piperazine rings is 1. The molecule has 2 aromatic rings. The molecule has 1 N–H and O–H groups in total. The highest BCUT2D eigenvalue weighted by molar-refractivity contribution is 6.30. The van der Waals surface area contributed by atoms with Crippen molar-refractivity contribution in [3.8, 4) is 11.1 Å². The maximum absolute atomic E-state index is 5.92. The molecule has 1 aliphatic heterocycles. The molecule has 1 aliphatic rings. The molecule has 0 amide bonds. The van der Waals surface area contributed by atoms with E-state index < -0.39 is 0 Å². The first kappa shape index (κ1) is 12.5. The highest BCUT2D eigenvalue weighted by atomic mass is 35.5. The lowest BCUT2D eigenvalue weighted by Gasteiger charge is -2.28. The summed E-state index contributed by atoms with van der Waals surface area (Å²) in [4.78, 5) is 6.79. The van der Waals surface area contributed by atoms with E-state index in [1.54, 1.807) is 0 Å². The molecule has 4 heteroatoms. The van der Waals surface area contributed by atoms with Crippen LogP contribution in [-0.2, 0) is 0 Å². The maximum atomic E-state index is 5.92. The third-order valence-corrected chi connectivity index (χ3v) is 3.62. The second-order valence-corrected chi connectivity index (χ2v) is 5.08. The number of rotatable bonds is 2. The van der Waals surface area contributed by atoms with Gasteiger partial charge in [-0.1, -0.05) is 23.7 Å². The summed E-state index contributed by atoms with van der Waals surface area (Å²) in [6.45, 7) is 4.06. The van der Waals surface area contributed by atoms with Crippen LogP contribution in [0.4, 0.5) is 5.82 Å². The van der Waals surface area contributed by atoms with Gasteiger partial charge in [-0.05, 0) is 35.4 Å². The van der Waals surface area contributed by atoms with Crippen molar-refractivity contribution in [3.63, 3.8) is 0 Å². The largest absolute Gasteiger partial charge is 0.354 e. The van der Waals surface area contributed by atoms with E-state index in [-0.39, 0.29) is 0 Å². The third kappa shape index (κ3) is 2.88. The average molecular weight is 274 g/mol. The van der Waals surface area contributed by atoms with Crippen LogP contribution < -0.4 is 10.2 Å². The van der Waals surface area contributed by atoms with Crippen molar-refractivity contribution < 1.29 is 0 Å². The monoisotopic (exact) mass is 273 g/mol. The molecule has 1 fully saturated rings. The molecule has 0 bridgehead atoms. The molecule has 0 radical (unpaired) electrons. The summed E-state index contributed by atoms with van der Waals surface area (Å²) >= 11 is 5.92. The van der Waals surface area contributed by atoms with Gasteiger partial charge in [-0.2, -0.15) is 0 Å². The van der Waals surface area contributed by atoms with Crippen LogP contribution in [0.5, 0.6) is 0 Å². The lowest BCUT2D eigenvalue weighted by Crippen LogP contribution is -2.43.